The lowest BCUT2D eigenvalue weighted by molar-refractivity contribution is 0.0112. The van der Waals surface area contributed by atoms with Gasteiger partial charge in [-0.1, -0.05) is 105 Å². The Kier molecular flexibility index (Phi) is 7.01. The average Bonchev–Trinajstić information content (AvgIpc) is 3.75. The summed E-state index contributed by atoms with van der Waals surface area (Å²) in [6, 6.07) is 10.1. The van der Waals surface area contributed by atoms with E-state index >= 15 is 0 Å². The van der Waals surface area contributed by atoms with Crippen molar-refractivity contribution in [3.05, 3.63) is 124 Å². The zero-order valence-electron chi connectivity index (χ0n) is 29.0. The zero-order chi connectivity index (χ0) is 32.0. The summed E-state index contributed by atoms with van der Waals surface area (Å²) in [7, 11) is 0. The van der Waals surface area contributed by atoms with Crippen LogP contribution >= 0.6 is 0 Å². The largest absolute Gasteiger partial charge is 0.374 e. The number of ether oxygens (including phenoxy) is 1. The minimum absolute atomic E-state index is 0.0815. The summed E-state index contributed by atoms with van der Waals surface area (Å²) < 4.78 is 6.97. The van der Waals surface area contributed by atoms with E-state index in [0.29, 0.717) is 48.0 Å². The summed E-state index contributed by atoms with van der Waals surface area (Å²) in [5.74, 6) is 1.98. The highest BCUT2D eigenvalue weighted by Gasteiger charge is 2.54. The smallest absolute Gasteiger partial charge is 0.0668 e. The Labute approximate surface area is 288 Å². The molecular weight excluding hydrogens is 585 g/mol. The number of allylic oxidation sites excluding steroid dienone is 10. The first kappa shape index (κ1) is 29.6. The molecule has 1 aromatic carbocycles. The normalized spacial score (nSPS) is 37.0. The standard InChI is InChI=1S/C45H52N2O/c1-45(2)35-19-9-6-17-32(35)43-36(45)20-12-22-39(43)47(40-23-13-25-42-44(40)33-18-8-11-24-41(33)48-42)30-26-27-38-34(28-30)31-16-7-10-21-37(31)46(38)29-14-4-3-5-15-29/h4,7,10,12,14-17,19-23,28,33-34,38-39,41-44H,3,5-6,8-9,11,13,18,24-27H2,1-2H3. The maximum Gasteiger partial charge on any atom is 0.0668 e. The number of rotatable bonds is 4. The fourth-order valence-corrected chi connectivity index (χ4v) is 11.8. The van der Waals surface area contributed by atoms with E-state index in [1.54, 1.807) is 28.1 Å². The van der Waals surface area contributed by atoms with Gasteiger partial charge in [-0.15, -0.1) is 0 Å². The molecule has 0 spiro atoms. The molecule has 0 N–H and O–H groups in total. The number of fused-ring (bicyclic) bond motifs is 9. The monoisotopic (exact) mass is 636 g/mol. The van der Waals surface area contributed by atoms with Crippen molar-refractivity contribution in [1.82, 2.24) is 4.90 Å². The Balaban J connectivity index is 1.11. The molecule has 0 amide bonds. The summed E-state index contributed by atoms with van der Waals surface area (Å²) in [4.78, 5) is 5.65. The molecular formula is C45H52N2O. The van der Waals surface area contributed by atoms with E-state index in [-0.39, 0.29) is 5.41 Å². The molecule has 3 fully saturated rings. The second kappa shape index (κ2) is 11.4. The summed E-state index contributed by atoms with van der Waals surface area (Å²) in [5, 5.41) is 0. The molecule has 8 unspecified atom stereocenters. The fourth-order valence-electron chi connectivity index (χ4n) is 11.8. The molecule has 0 bridgehead atoms. The number of hydrogen-bond donors (Lipinski definition) is 0. The molecule has 248 valence electrons. The Hall–Kier alpha value is -3.30. The molecule has 1 saturated heterocycles. The minimum atomic E-state index is 0.0815. The number of anilines is 1. The van der Waals surface area contributed by atoms with Crippen LogP contribution in [0.4, 0.5) is 5.69 Å². The molecule has 8 atom stereocenters. The van der Waals surface area contributed by atoms with Gasteiger partial charge in [-0.2, -0.15) is 0 Å². The summed E-state index contributed by atoms with van der Waals surface area (Å²) in [5.41, 5.74) is 12.4. The minimum Gasteiger partial charge on any atom is -0.374 e. The van der Waals surface area contributed by atoms with Gasteiger partial charge in [-0.25, -0.2) is 0 Å². The van der Waals surface area contributed by atoms with E-state index in [9.17, 15) is 0 Å². The van der Waals surface area contributed by atoms with Crippen molar-refractivity contribution in [3.8, 4) is 0 Å². The lowest BCUT2D eigenvalue weighted by Gasteiger charge is -2.47. The van der Waals surface area contributed by atoms with Gasteiger partial charge in [-0.05, 0) is 99.0 Å². The van der Waals surface area contributed by atoms with Crippen molar-refractivity contribution in [2.24, 2.45) is 23.2 Å². The molecule has 3 heteroatoms. The lowest BCUT2D eigenvalue weighted by Crippen LogP contribution is -2.46. The van der Waals surface area contributed by atoms with Crippen LogP contribution in [0.5, 0.6) is 0 Å². The maximum atomic E-state index is 6.97. The Morgan fingerprint density at radius 2 is 1.75 bits per heavy atom. The second-order valence-corrected chi connectivity index (χ2v) is 16.5. The summed E-state index contributed by atoms with van der Waals surface area (Å²) >= 11 is 0. The molecule has 0 radical (unpaired) electrons. The maximum absolute atomic E-state index is 6.97. The highest BCUT2D eigenvalue weighted by Crippen LogP contribution is 2.60. The second-order valence-electron chi connectivity index (χ2n) is 16.5. The molecule has 2 saturated carbocycles. The van der Waals surface area contributed by atoms with Crippen molar-refractivity contribution in [2.75, 3.05) is 4.90 Å². The summed E-state index contributed by atoms with van der Waals surface area (Å²) in [6.07, 6.45) is 40.7. The number of hydrogen-bond acceptors (Lipinski definition) is 3. The van der Waals surface area contributed by atoms with Crippen LogP contribution in [-0.2, 0) is 4.74 Å². The Morgan fingerprint density at radius 1 is 0.875 bits per heavy atom. The van der Waals surface area contributed by atoms with Crippen molar-refractivity contribution in [1.29, 1.82) is 0 Å². The van der Waals surface area contributed by atoms with E-state index in [1.807, 2.05) is 0 Å². The van der Waals surface area contributed by atoms with Crippen molar-refractivity contribution in [3.63, 3.8) is 0 Å². The van der Waals surface area contributed by atoms with Crippen LogP contribution in [-0.4, -0.2) is 29.2 Å². The molecule has 48 heavy (non-hydrogen) atoms. The molecule has 10 rings (SSSR count). The Bertz CT molecular complexity index is 1760. The topological polar surface area (TPSA) is 15.7 Å². The van der Waals surface area contributed by atoms with Crippen molar-refractivity contribution < 1.29 is 4.74 Å². The van der Waals surface area contributed by atoms with Crippen LogP contribution in [0.15, 0.2) is 119 Å². The van der Waals surface area contributed by atoms with Gasteiger partial charge in [0.25, 0.3) is 0 Å². The van der Waals surface area contributed by atoms with E-state index in [1.165, 1.54) is 68.3 Å². The molecule has 9 aliphatic rings. The molecule has 2 heterocycles. The van der Waals surface area contributed by atoms with Crippen LogP contribution in [0, 0.1) is 23.2 Å². The van der Waals surface area contributed by atoms with Gasteiger partial charge < -0.3 is 14.5 Å². The van der Waals surface area contributed by atoms with Gasteiger partial charge in [0.2, 0.25) is 0 Å². The third-order valence-electron chi connectivity index (χ3n) is 13.8. The first-order valence-corrected chi connectivity index (χ1v) is 19.5. The van der Waals surface area contributed by atoms with E-state index in [4.69, 9.17) is 4.74 Å². The number of benzene rings is 1. The van der Waals surface area contributed by atoms with Gasteiger partial charge >= 0.3 is 0 Å². The van der Waals surface area contributed by atoms with Crippen molar-refractivity contribution in [2.45, 2.75) is 121 Å². The van der Waals surface area contributed by atoms with Gasteiger partial charge in [0.05, 0.1) is 18.2 Å². The lowest BCUT2D eigenvalue weighted by atomic mass is 9.72. The number of para-hydroxylation sites is 1. The first-order valence-electron chi connectivity index (χ1n) is 19.5. The highest BCUT2D eigenvalue weighted by atomic mass is 16.5. The van der Waals surface area contributed by atoms with E-state index in [2.05, 4.69) is 109 Å². The van der Waals surface area contributed by atoms with Gasteiger partial charge in [0.1, 0.15) is 0 Å². The highest BCUT2D eigenvalue weighted by molar-refractivity contribution is 5.69. The van der Waals surface area contributed by atoms with Gasteiger partial charge in [-0.3, -0.25) is 0 Å². The molecule has 1 aromatic rings. The molecule has 7 aliphatic carbocycles. The van der Waals surface area contributed by atoms with Crippen LogP contribution in [0.3, 0.4) is 0 Å². The third kappa shape index (κ3) is 4.35. The SMILES string of the molecule is CC1(C)C2=CCCC=C2C2C1=CC=CC2N(C1=CC2c3ccccc3N(C3=CCCC=C3)C2CC1)C1=CCCC2OC3CCCCC3C12. The quantitative estimate of drug-likeness (QED) is 0.327. The van der Waals surface area contributed by atoms with E-state index in [0.717, 1.165) is 25.7 Å². The van der Waals surface area contributed by atoms with Gasteiger partial charge in [0.15, 0.2) is 0 Å². The van der Waals surface area contributed by atoms with Crippen LogP contribution in [0.25, 0.3) is 0 Å². The zero-order valence-corrected chi connectivity index (χ0v) is 29.0. The molecule has 2 aliphatic heterocycles. The Morgan fingerprint density at radius 3 is 2.67 bits per heavy atom. The van der Waals surface area contributed by atoms with Crippen LogP contribution < -0.4 is 4.90 Å². The summed E-state index contributed by atoms with van der Waals surface area (Å²) in [6.45, 7) is 4.97. The van der Waals surface area contributed by atoms with Crippen molar-refractivity contribution >= 4 is 5.69 Å². The predicted octanol–water partition coefficient (Wildman–Crippen LogP) is 10.6. The fraction of sp³-hybridized carbons (Fsp3) is 0.511. The molecule has 3 nitrogen and oxygen atoms in total. The van der Waals surface area contributed by atoms with Crippen LogP contribution in [0.1, 0.15) is 102 Å². The van der Waals surface area contributed by atoms with E-state index < -0.39 is 0 Å². The van der Waals surface area contributed by atoms with Gasteiger partial charge in [0, 0.05) is 52.0 Å². The average molecular weight is 637 g/mol. The molecule has 0 aromatic heterocycles. The van der Waals surface area contributed by atoms with Crippen LogP contribution in [0.2, 0.25) is 0 Å². The number of nitrogens with zero attached hydrogens (tertiary/aromatic N) is 2. The predicted molar refractivity (Wildman–Crippen MR) is 196 cm³/mol. The third-order valence-corrected chi connectivity index (χ3v) is 13.8. The first-order chi connectivity index (χ1) is 23.6.